The van der Waals surface area contributed by atoms with E-state index in [0.717, 1.165) is 24.9 Å². The molecule has 0 aromatic carbocycles. The second-order valence-electron chi connectivity index (χ2n) is 7.03. The fraction of sp³-hybridized carbons (Fsp3) is 0.529. The van der Waals surface area contributed by atoms with Crippen LogP contribution in [0.4, 0.5) is 0 Å². The fourth-order valence-corrected chi connectivity index (χ4v) is 2.84. The van der Waals surface area contributed by atoms with Gasteiger partial charge in [-0.2, -0.15) is 0 Å². The standard InChI is InChI=1S/C17H22N4O2/c1-17(2,3)16(22)21-9-5-7-13(11-21)15-20-19-14(23-15)12-6-4-8-18-10-12/h4,6,8,10,13H,5,7,9,11H2,1-3H3/t13-/m1/s1. The van der Waals surface area contributed by atoms with E-state index in [0.29, 0.717) is 18.3 Å². The molecule has 1 fully saturated rings. The zero-order valence-electron chi connectivity index (χ0n) is 13.8. The van der Waals surface area contributed by atoms with Gasteiger partial charge in [-0.1, -0.05) is 20.8 Å². The van der Waals surface area contributed by atoms with Crippen LogP contribution in [0, 0.1) is 5.41 Å². The number of pyridine rings is 1. The van der Waals surface area contributed by atoms with Gasteiger partial charge in [0.2, 0.25) is 17.7 Å². The highest BCUT2D eigenvalue weighted by molar-refractivity contribution is 5.81. The van der Waals surface area contributed by atoms with Crippen LogP contribution in [0.3, 0.4) is 0 Å². The Morgan fingerprint density at radius 2 is 2.17 bits per heavy atom. The normalized spacial score (nSPS) is 18.9. The average molecular weight is 314 g/mol. The van der Waals surface area contributed by atoms with Gasteiger partial charge >= 0.3 is 0 Å². The Balaban J connectivity index is 1.75. The molecule has 2 aromatic rings. The molecule has 1 saturated heterocycles. The third-order valence-corrected chi connectivity index (χ3v) is 4.05. The van der Waals surface area contributed by atoms with Crippen LogP contribution < -0.4 is 0 Å². The highest BCUT2D eigenvalue weighted by Crippen LogP contribution is 2.30. The van der Waals surface area contributed by atoms with Gasteiger partial charge in [-0.3, -0.25) is 9.78 Å². The van der Waals surface area contributed by atoms with Gasteiger partial charge in [0.25, 0.3) is 0 Å². The maximum Gasteiger partial charge on any atom is 0.249 e. The Bertz CT molecular complexity index is 675. The van der Waals surface area contributed by atoms with Gasteiger partial charge in [0.15, 0.2) is 0 Å². The number of hydrogen-bond donors (Lipinski definition) is 0. The van der Waals surface area contributed by atoms with Crippen molar-refractivity contribution >= 4 is 5.91 Å². The van der Waals surface area contributed by atoms with Gasteiger partial charge in [0.05, 0.1) is 11.5 Å². The molecule has 1 atom stereocenters. The lowest BCUT2D eigenvalue weighted by molar-refractivity contribution is -0.140. The van der Waals surface area contributed by atoms with Gasteiger partial charge in [-0.25, -0.2) is 0 Å². The molecule has 0 radical (unpaired) electrons. The van der Waals surface area contributed by atoms with Crippen molar-refractivity contribution in [3.63, 3.8) is 0 Å². The molecule has 1 amide bonds. The van der Waals surface area contributed by atoms with Crippen molar-refractivity contribution in [2.75, 3.05) is 13.1 Å². The number of piperidine rings is 1. The number of carbonyl (C=O) groups is 1. The number of likely N-dealkylation sites (tertiary alicyclic amines) is 1. The van der Waals surface area contributed by atoms with Crippen LogP contribution in [0.25, 0.3) is 11.5 Å². The van der Waals surface area contributed by atoms with Crippen LogP contribution in [0.2, 0.25) is 0 Å². The van der Waals surface area contributed by atoms with Gasteiger partial charge in [-0.15, -0.1) is 10.2 Å². The molecule has 122 valence electrons. The molecule has 0 spiro atoms. The first-order chi connectivity index (χ1) is 10.9. The van der Waals surface area contributed by atoms with Gasteiger partial charge in [0, 0.05) is 30.9 Å². The molecule has 2 aromatic heterocycles. The topological polar surface area (TPSA) is 72.1 Å². The van der Waals surface area contributed by atoms with Crippen LogP contribution >= 0.6 is 0 Å². The summed E-state index contributed by atoms with van der Waals surface area (Å²) in [6.45, 7) is 7.30. The van der Waals surface area contributed by atoms with Crippen LogP contribution in [0.5, 0.6) is 0 Å². The van der Waals surface area contributed by atoms with E-state index in [4.69, 9.17) is 4.42 Å². The summed E-state index contributed by atoms with van der Waals surface area (Å²) in [6, 6.07) is 3.73. The van der Waals surface area contributed by atoms with E-state index >= 15 is 0 Å². The maximum absolute atomic E-state index is 12.5. The predicted molar refractivity (Wildman–Crippen MR) is 85.5 cm³/mol. The number of amides is 1. The molecule has 3 heterocycles. The molecule has 0 saturated carbocycles. The molecule has 0 N–H and O–H groups in total. The van der Waals surface area contributed by atoms with Crippen molar-refractivity contribution in [2.45, 2.75) is 39.5 Å². The van der Waals surface area contributed by atoms with Gasteiger partial charge < -0.3 is 9.32 Å². The molecular weight excluding hydrogens is 292 g/mol. The number of carbonyl (C=O) groups excluding carboxylic acids is 1. The van der Waals surface area contributed by atoms with E-state index < -0.39 is 0 Å². The summed E-state index contributed by atoms with van der Waals surface area (Å²) in [5, 5.41) is 8.31. The zero-order valence-corrected chi connectivity index (χ0v) is 13.8. The van der Waals surface area contributed by atoms with E-state index in [-0.39, 0.29) is 17.2 Å². The van der Waals surface area contributed by atoms with Crippen molar-refractivity contribution in [1.82, 2.24) is 20.1 Å². The third kappa shape index (κ3) is 3.41. The van der Waals surface area contributed by atoms with E-state index in [1.807, 2.05) is 37.8 Å². The SMILES string of the molecule is CC(C)(C)C(=O)N1CCC[C@@H](c2nnc(-c3cccnc3)o2)C1. The van der Waals surface area contributed by atoms with E-state index in [1.54, 1.807) is 12.4 Å². The lowest BCUT2D eigenvalue weighted by Crippen LogP contribution is -2.44. The second-order valence-corrected chi connectivity index (χ2v) is 7.03. The minimum Gasteiger partial charge on any atom is -0.420 e. The lowest BCUT2D eigenvalue weighted by Gasteiger charge is -2.35. The summed E-state index contributed by atoms with van der Waals surface area (Å²) in [4.78, 5) is 18.5. The summed E-state index contributed by atoms with van der Waals surface area (Å²) < 4.78 is 5.82. The number of nitrogens with zero attached hydrogens (tertiary/aromatic N) is 4. The zero-order chi connectivity index (χ0) is 16.4. The van der Waals surface area contributed by atoms with E-state index in [9.17, 15) is 4.79 Å². The Hall–Kier alpha value is -2.24. The summed E-state index contributed by atoms with van der Waals surface area (Å²) in [6.07, 6.45) is 5.32. The summed E-state index contributed by atoms with van der Waals surface area (Å²) in [5.41, 5.74) is 0.446. The Labute approximate surface area is 135 Å². The molecule has 3 rings (SSSR count). The Kier molecular flexibility index (Phi) is 4.15. The van der Waals surface area contributed by atoms with Crippen molar-refractivity contribution < 1.29 is 9.21 Å². The smallest absolute Gasteiger partial charge is 0.249 e. The van der Waals surface area contributed by atoms with Crippen molar-refractivity contribution in [2.24, 2.45) is 5.41 Å². The predicted octanol–water partition coefficient (Wildman–Crippen LogP) is 2.88. The van der Waals surface area contributed by atoms with Crippen LogP contribution in [0.15, 0.2) is 28.9 Å². The molecule has 0 bridgehead atoms. The van der Waals surface area contributed by atoms with Crippen LogP contribution in [0.1, 0.15) is 45.4 Å². The highest BCUT2D eigenvalue weighted by Gasteiger charge is 2.33. The number of rotatable bonds is 2. The molecule has 1 aliphatic rings. The monoisotopic (exact) mass is 314 g/mol. The minimum absolute atomic E-state index is 0.105. The Morgan fingerprint density at radius 3 is 2.87 bits per heavy atom. The molecule has 0 aliphatic carbocycles. The molecule has 6 heteroatoms. The third-order valence-electron chi connectivity index (χ3n) is 4.05. The first kappa shape index (κ1) is 15.6. The summed E-state index contributed by atoms with van der Waals surface area (Å²) in [7, 11) is 0. The lowest BCUT2D eigenvalue weighted by atomic mass is 9.91. The summed E-state index contributed by atoms with van der Waals surface area (Å²) in [5.74, 6) is 1.37. The first-order valence-electron chi connectivity index (χ1n) is 7.98. The Morgan fingerprint density at radius 1 is 1.35 bits per heavy atom. The molecule has 6 nitrogen and oxygen atoms in total. The molecule has 1 aliphatic heterocycles. The largest absolute Gasteiger partial charge is 0.420 e. The number of hydrogen-bond acceptors (Lipinski definition) is 5. The van der Waals surface area contributed by atoms with Crippen molar-refractivity contribution in [3.8, 4) is 11.5 Å². The van der Waals surface area contributed by atoms with E-state index in [2.05, 4.69) is 15.2 Å². The van der Waals surface area contributed by atoms with Crippen LogP contribution in [-0.2, 0) is 4.79 Å². The molecule has 23 heavy (non-hydrogen) atoms. The first-order valence-corrected chi connectivity index (χ1v) is 7.98. The van der Waals surface area contributed by atoms with Crippen molar-refractivity contribution in [3.05, 3.63) is 30.4 Å². The van der Waals surface area contributed by atoms with Crippen LogP contribution in [-0.4, -0.2) is 39.1 Å². The minimum atomic E-state index is -0.363. The average Bonchev–Trinajstić information content (AvgIpc) is 3.04. The van der Waals surface area contributed by atoms with Gasteiger partial charge in [-0.05, 0) is 25.0 Å². The quantitative estimate of drug-likeness (QED) is 0.852. The number of aromatic nitrogens is 3. The second kappa shape index (κ2) is 6.10. The van der Waals surface area contributed by atoms with Gasteiger partial charge in [0.1, 0.15) is 0 Å². The molecule has 0 unspecified atom stereocenters. The van der Waals surface area contributed by atoms with Crippen molar-refractivity contribution in [1.29, 1.82) is 0 Å². The highest BCUT2D eigenvalue weighted by atomic mass is 16.4. The van der Waals surface area contributed by atoms with E-state index in [1.165, 1.54) is 0 Å². The summed E-state index contributed by atoms with van der Waals surface area (Å²) >= 11 is 0. The molecular formula is C17H22N4O2. The fourth-order valence-electron chi connectivity index (χ4n) is 2.84. The maximum atomic E-state index is 12.5.